The molecule has 5 heteroatoms. The van der Waals surface area contributed by atoms with Gasteiger partial charge in [0.15, 0.2) is 12.0 Å². The monoisotopic (exact) mass is 230 g/mol. The van der Waals surface area contributed by atoms with Crippen molar-refractivity contribution in [2.75, 3.05) is 0 Å². The SMILES string of the molecule is Cc1ccncc1C1N=C(NC2CC2)NC1=O. The lowest BCUT2D eigenvalue weighted by molar-refractivity contribution is -0.120. The minimum Gasteiger partial charge on any atom is -0.353 e. The molecule has 1 aromatic rings. The van der Waals surface area contributed by atoms with Crippen LogP contribution in [0.1, 0.15) is 30.0 Å². The van der Waals surface area contributed by atoms with E-state index in [1.54, 1.807) is 12.4 Å². The normalized spacial score (nSPS) is 23.2. The molecule has 1 aliphatic carbocycles. The molecular weight excluding hydrogens is 216 g/mol. The highest BCUT2D eigenvalue weighted by Gasteiger charge is 2.32. The number of nitrogens with zero attached hydrogens (tertiary/aromatic N) is 2. The maximum atomic E-state index is 11.8. The molecule has 3 rings (SSSR count). The van der Waals surface area contributed by atoms with Crippen LogP contribution in [0.25, 0.3) is 0 Å². The first-order valence-corrected chi connectivity index (χ1v) is 5.80. The molecule has 1 amide bonds. The fraction of sp³-hybridized carbons (Fsp3) is 0.417. The van der Waals surface area contributed by atoms with Crippen molar-refractivity contribution in [1.82, 2.24) is 15.6 Å². The molecule has 1 atom stereocenters. The second-order valence-electron chi connectivity index (χ2n) is 4.52. The van der Waals surface area contributed by atoms with Crippen LogP contribution < -0.4 is 10.6 Å². The highest BCUT2D eigenvalue weighted by molar-refractivity contribution is 6.05. The number of aromatic nitrogens is 1. The van der Waals surface area contributed by atoms with Gasteiger partial charge in [-0.2, -0.15) is 0 Å². The van der Waals surface area contributed by atoms with Crippen molar-refractivity contribution in [3.8, 4) is 0 Å². The molecule has 2 aliphatic rings. The van der Waals surface area contributed by atoms with Gasteiger partial charge >= 0.3 is 0 Å². The van der Waals surface area contributed by atoms with Crippen molar-refractivity contribution in [1.29, 1.82) is 0 Å². The van der Waals surface area contributed by atoms with Crippen LogP contribution in [0.2, 0.25) is 0 Å². The van der Waals surface area contributed by atoms with E-state index in [1.807, 2.05) is 13.0 Å². The second kappa shape index (κ2) is 3.84. The van der Waals surface area contributed by atoms with Crippen LogP contribution in [-0.2, 0) is 4.79 Å². The Morgan fingerprint density at radius 3 is 3.00 bits per heavy atom. The van der Waals surface area contributed by atoms with Gasteiger partial charge in [-0.05, 0) is 31.4 Å². The number of carbonyl (C=O) groups excluding carboxylic acids is 1. The summed E-state index contributed by atoms with van der Waals surface area (Å²) in [6.45, 7) is 1.96. The van der Waals surface area contributed by atoms with Crippen LogP contribution >= 0.6 is 0 Å². The summed E-state index contributed by atoms with van der Waals surface area (Å²) in [7, 11) is 0. The van der Waals surface area contributed by atoms with E-state index in [2.05, 4.69) is 20.6 Å². The zero-order valence-corrected chi connectivity index (χ0v) is 9.60. The van der Waals surface area contributed by atoms with Gasteiger partial charge < -0.3 is 5.32 Å². The molecule has 1 aliphatic heterocycles. The maximum Gasteiger partial charge on any atom is 0.256 e. The average Bonchev–Trinajstić information content (AvgIpc) is 3.03. The number of aryl methyl sites for hydroxylation is 1. The Morgan fingerprint density at radius 2 is 2.29 bits per heavy atom. The fourth-order valence-electron chi connectivity index (χ4n) is 1.87. The molecule has 0 aromatic carbocycles. The van der Waals surface area contributed by atoms with Gasteiger partial charge in [0.25, 0.3) is 5.91 Å². The first-order chi connectivity index (χ1) is 8.24. The fourth-order valence-corrected chi connectivity index (χ4v) is 1.87. The number of hydrogen-bond acceptors (Lipinski definition) is 4. The number of nitrogens with one attached hydrogen (secondary N) is 2. The summed E-state index contributed by atoms with van der Waals surface area (Å²) in [6, 6.07) is 1.93. The van der Waals surface area contributed by atoms with Crippen molar-refractivity contribution in [2.45, 2.75) is 31.8 Å². The first-order valence-electron chi connectivity index (χ1n) is 5.80. The summed E-state index contributed by atoms with van der Waals surface area (Å²) in [5, 5.41) is 5.97. The minimum absolute atomic E-state index is 0.0794. The van der Waals surface area contributed by atoms with E-state index in [1.165, 1.54) is 0 Å². The van der Waals surface area contributed by atoms with E-state index in [-0.39, 0.29) is 5.91 Å². The molecule has 1 saturated carbocycles. The van der Waals surface area contributed by atoms with E-state index in [0.29, 0.717) is 12.0 Å². The molecule has 2 heterocycles. The zero-order chi connectivity index (χ0) is 11.8. The van der Waals surface area contributed by atoms with Crippen molar-refractivity contribution in [3.05, 3.63) is 29.6 Å². The minimum atomic E-state index is -0.454. The lowest BCUT2D eigenvalue weighted by Gasteiger charge is -2.06. The van der Waals surface area contributed by atoms with Gasteiger partial charge in [-0.1, -0.05) is 0 Å². The van der Waals surface area contributed by atoms with Gasteiger partial charge in [0.1, 0.15) is 0 Å². The standard InChI is InChI=1S/C12H14N4O/c1-7-4-5-13-6-9(7)10-11(17)16-12(15-10)14-8-2-3-8/h4-6,8,10H,2-3H2,1H3,(H2,14,15,16,17). The molecule has 1 aromatic heterocycles. The molecule has 5 nitrogen and oxygen atoms in total. The molecule has 17 heavy (non-hydrogen) atoms. The molecule has 1 unspecified atom stereocenters. The van der Waals surface area contributed by atoms with Crippen molar-refractivity contribution >= 4 is 11.9 Å². The Balaban J connectivity index is 1.84. The van der Waals surface area contributed by atoms with E-state index in [4.69, 9.17) is 0 Å². The first kappa shape index (κ1) is 10.3. The lowest BCUT2D eigenvalue weighted by Crippen LogP contribution is -2.37. The van der Waals surface area contributed by atoms with Gasteiger partial charge in [-0.3, -0.25) is 15.1 Å². The number of aliphatic imine (C=N–C) groups is 1. The third-order valence-electron chi connectivity index (χ3n) is 3.04. The van der Waals surface area contributed by atoms with E-state index < -0.39 is 6.04 Å². The number of rotatable bonds is 2. The predicted octanol–water partition coefficient (Wildman–Crippen LogP) is 0.669. The highest BCUT2D eigenvalue weighted by Crippen LogP contribution is 2.24. The Bertz CT molecular complexity index is 493. The van der Waals surface area contributed by atoms with Crippen molar-refractivity contribution in [3.63, 3.8) is 0 Å². The quantitative estimate of drug-likeness (QED) is 0.784. The van der Waals surface area contributed by atoms with E-state index in [0.717, 1.165) is 24.0 Å². The van der Waals surface area contributed by atoms with Crippen LogP contribution in [0.5, 0.6) is 0 Å². The highest BCUT2D eigenvalue weighted by atomic mass is 16.2. The Hall–Kier alpha value is -1.91. The van der Waals surface area contributed by atoms with E-state index >= 15 is 0 Å². The van der Waals surface area contributed by atoms with Crippen LogP contribution in [0.15, 0.2) is 23.5 Å². The largest absolute Gasteiger partial charge is 0.353 e. The van der Waals surface area contributed by atoms with Crippen LogP contribution in [-0.4, -0.2) is 22.9 Å². The number of pyridine rings is 1. The van der Waals surface area contributed by atoms with Crippen molar-refractivity contribution in [2.24, 2.45) is 4.99 Å². The summed E-state index contributed by atoms with van der Waals surface area (Å²) in [6.07, 6.45) is 5.75. The molecule has 0 spiro atoms. The summed E-state index contributed by atoms with van der Waals surface area (Å²) in [5.41, 5.74) is 1.91. The Kier molecular flexibility index (Phi) is 2.31. The second-order valence-corrected chi connectivity index (χ2v) is 4.52. The lowest BCUT2D eigenvalue weighted by atomic mass is 10.0. The smallest absolute Gasteiger partial charge is 0.256 e. The summed E-state index contributed by atoms with van der Waals surface area (Å²) < 4.78 is 0. The van der Waals surface area contributed by atoms with Gasteiger partial charge in [0.2, 0.25) is 0 Å². The average molecular weight is 230 g/mol. The molecule has 0 radical (unpaired) electrons. The van der Waals surface area contributed by atoms with Gasteiger partial charge in [-0.25, -0.2) is 4.99 Å². The zero-order valence-electron chi connectivity index (χ0n) is 9.60. The molecule has 88 valence electrons. The Labute approximate surface area is 99.4 Å². The summed E-state index contributed by atoms with van der Waals surface area (Å²) >= 11 is 0. The van der Waals surface area contributed by atoms with Gasteiger partial charge in [-0.15, -0.1) is 0 Å². The number of hydrogen-bond donors (Lipinski definition) is 2. The number of amides is 1. The molecule has 2 N–H and O–H groups in total. The summed E-state index contributed by atoms with van der Waals surface area (Å²) in [5.74, 6) is 0.523. The maximum absolute atomic E-state index is 11.8. The molecule has 0 bridgehead atoms. The molecule has 1 fully saturated rings. The number of guanidine groups is 1. The predicted molar refractivity (Wildman–Crippen MR) is 63.5 cm³/mol. The van der Waals surface area contributed by atoms with E-state index in [9.17, 15) is 4.79 Å². The topological polar surface area (TPSA) is 66.4 Å². The molecule has 0 saturated heterocycles. The molecular formula is C12H14N4O. The van der Waals surface area contributed by atoms with Gasteiger partial charge in [0.05, 0.1) is 0 Å². The van der Waals surface area contributed by atoms with Crippen molar-refractivity contribution < 1.29 is 4.79 Å². The van der Waals surface area contributed by atoms with Gasteiger partial charge in [0, 0.05) is 24.0 Å². The van der Waals surface area contributed by atoms with Crippen LogP contribution in [0, 0.1) is 6.92 Å². The summed E-state index contributed by atoms with van der Waals surface area (Å²) in [4.78, 5) is 20.3. The third kappa shape index (κ3) is 2.00. The van der Waals surface area contributed by atoms with Crippen LogP contribution in [0.3, 0.4) is 0 Å². The third-order valence-corrected chi connectivity index (χ3v) is 3.04. The number of carbonyl (C=O) groups is 1. The Morgan fingerprint density at radius 1 is 1.47 bits per heavy atom. The van der Waals surface area contributed by atoms with Crippen LogP contribution in [0.4, 0.5) is 0 Å².